The van der Waals surface area contributed by atoms with Gasteiger partial charge in [0.2, 0.25) is 0 Å². The highest BCUT2D eigenvalue weighted by atomic mass is 35.5. The van der Waals surface area contributed by atoms with E-state index < -0.39 is 0 Å². The highest BCUT2D eigenvalue weighted by Gasteiger charge is 2.08. The summed E-state index contributed by atoms with van der Waals surface area (Å²) in [5, 5.41) is 3.54. The summed E-state index contributed by atoms with van der Waals surface area (Å²) in [4.78, 5) is 13.7. The van der Waals surface area contributed by atoms with Gasteiger partial charge in [0.25, 0.3) is 0 Å². The molecule has 1 aliphatic rings. The van der Waals surface area contributed by atoms with E-state index in [1.807, 2.05) is 17.3 Å². The summed E-state index contributed by atoms with van der Waals surface area (Å²) in [7, 11) is 0. The molecular weight excluding hydrogens is 224 g/mol. The molecule has 82 valence electrons. The van der Waals surface area contributed by atoms with Gasteiger partial charge in [-0.2, -0.15) is 0 Å². The first-order chi connectivity index (χ1) is 7.75. The average molecular weight is 235 g/mol. The minimum atomic E-state index is 0.0628. The lowest BCUT2D eigenvalue weighted by atomic mass is 10.1. The summed E-state index contributed by atoms with van der Waals surface area (Å²) in [6.07, 6.45) is 7.17. The lowest BCUT2D eigenvalue weighted by molar-refractivity contribution is 0.0969. The van der Waals surface area contributed by atoms with Crippen molar-refractivity contribution in [3.8, 4) is 0 Å². The van der Waals surface area contributed by atoms with Crippen LogP contribution < -0.4 is 5.32 Å². The number of hydrogen-bond donors (Lipinski definition) is 1. The molecule has 1 aromatic carbocycles. The van der Waals surface area contributed by atoms with E-state index in [4.69, 9.17) is 11.6 Å². The third kappa shape index (κ3) is 2.64. The maximum atomic E-state index is 11.9. The monoisotopic (exact) mass is 234 g/mol. The number of nitrogens with zero attached hydrogens (tertiary/aromatic N) is 1. The number of carbonyl (C=O) groups is 1. The van der Waals surface area contributed by atoms with Gasteiger partial charge in [-0.15, -0.1) is 0 Å². The van der Waals surface area contributed by atoms with Crippen molar-refractivity contribution < 1.29 is 4.79 Å². The lowest BCUT2D eigenvalue weighted by Gasteiger charge is -2.17. The van der Waals surface area contributed by atoms with Crippen molar-refractivity contribution in [2.75, 3.05) is 6.54 Å². The number of Topliss-reactive ketones (excluding diaryl/α,β-unsaturated/α-hetero) is 1. The van der Waals surface area contributed by atoms with Crippen LogP contribution in [0, 0.1) is 0 Å². The second-order valence-corrected chi connectivity index (χ2v) is 3.84. The zero-order valence-electron chi connectivity index (χ0n) is 8.56. The van der Waals surface area contributed by atoms with Gasteiger partial charge < -0.3 is 10.2 Å². The maximum Gasteiger partial charge on any atom is 0.182 e. The van der Waals surface area contributed by atoms with Crippen LogP contribution >= 0.6 is 11.6 Å². The van der Waals surface area contributed by atoms with E-state index >= 15 is 0 Å². The Morgan fingerprint density at radius 1 is 1.19 bits per heavy atom. The number of nitrogens with one attached hydrogen (secondary N) is 1. The second-order valence-electron chi connectivity index (χ2n) is 3.40. The molecule has 1 aromatic rings. The molecule has 0 amide bonds. The number of benzene rings is 1. The first-order valence-electron chi connectivity index (χ1n) is 4.89. The third-order valence-electron chi connectivity index (χ3n) is 2.22. The predicted molar refractivity (Wildman–Crippen MR) is 63.9 cm³/mol. The Hall–Kier alpha value is -1.74. The number of halogens is 1. The van der Waals surface area contributed by atoms with Crippen LogP contribution in [-0.4, -0.2) is 17.2 Å². The number of rotatable bonds is 3. The number of carbonyl (C=O) groups excluding carboxylic acids is 1. The molecule has 1 aliphatic heterocycles. The fourth-order valence-electron chi connectivity index (χ4n) is 1.38. The van der Waals surface area contributed by atoms with Gasteiger partial charge in [-0.1, -0.05) is 11.6 Å². The van der Waals surface area contributed by atoms with Crippen molar-refractivity contribution in [3.63, 3.8) is 0 Å². The van der Waals surface area contributed by atoms with Crippen molar-refractivity contribution in [2.45, 2.75) is 0 Å². The molecule has 1 heterocycles. The van der Waals surface area contributed by atoms with Gasteiger partial charge in [-0.3, -0.25) is 4.79 Å². The predicted octanol–water partition coefficient (Wildman–Crippen LogP) is 2.37. The second kappa shape index (κ2) is 4.86. The van der Waals surface area contributed by atoms with Crippen LogP contribution in [-0.2, 0) is 0 Å². The highest BCUT2D eigenvalue weighted by Crippen LogP contribution is 2.10. The molecule has 2 rings (SSSR count). The van der Waals surface area contributed by atoms with Crippen LogP contribution in [0.25, 0.3) is 0 Å². The van der Waals surface area contributed by atoms with Crippen LogP contribution in [0.15, 0.2) is 49.1 Å². The van der Waals surface area contributed by atoms with E-state index in [0.717, 1.165) is 0 Å². The van der Waals surface area contributed by atoms with Gasteiger partial charge in [-0.05, 0) is 24.3 Å². The molecule has 0 radical (unpaired) electrons. The van der Waals surface area contributed by atoms with Crippen LogP contribution in [0.2, 0.25) is 5.02 Å². The SMILES string of the molecule is O=C(CN1C=CNC=C1)c1ccc(Cl)cc1. The fraction of sp³-hybridized carbons (Fsp3) is 0.0833. The van der Waals surface area contributed by atoms with Crippen molar-refractivity contribution in [2.24, 2.45) is 0 Å². The van der Waals surface area contributed by atoms with E-state index in [0.29, 0.717) is 17.1 Å². The molecule has 1 N–H and O–H groups in total. The number of ketones is 1. The molecular formula is C12H11ClN2O. The smallest absolute Gasteiger partial charge is 0.182 e. The molecule has 0 saturated heterocycles. The quantitative estimate of drug-likeness (QED) is 0.815. The Morgan fingerprint density at radius 3 is 2.44 bits per heavy atom. The fourth-order valence-corrected chi connectivity index (χ4v) is 1.51. The number of hydrogen-bond acceptors (Lipinski definition) is 3. The Kier molecular flexibility index (Phi) is 3.27. The van der Waals surface area contributed by atoms with Crippen LogP contribution in [0.1, 0.15) is 10.4 Å². The van der Waals surface area contributed by atoms with Crippen molar-refractivity contribution >= 4 is 17.4 Å². The van der Waals surface area contributed by atoms with Crippen LogP contribution in [0.5, 0.6) is 0 Å². The molecule has 4 heteroatoms. The Bertz CT molecular complexity index is 425. The van der Waals surface area contributed by atoms with Gasteiger partial charge in [0, 0.05) is 35.4 Å². The van der Waals surface area contributed by atoms with Gasteiger partial charge in [0.05, 0.1) is 6.54 Å². The minimum Gasteiger partial charge on any atom is -0.365 e. The van der Waals surface area contributed by atoms with Crippen LogP contribution in [0.4, 0.5) is 0 Å². The van der Waals surface area contributed by atoms with Crippen LogP contribution in [0.3, 0.4) is 0 Å². The molecule has 0 spiro atoms. The molecule has 0 atom stereocenters. The zero-order chi connectivity index (χ0) is 11.4. The molecule has 0 aliphatic carbocycles. The average Bonchev–Trinajstić information content (AvgIpc) is 2.31. The molecule has 0 aromatic heterocycles. The zero-order valence-corrected chi connectivity index (χ0v) is 9.32. The molecule has 0 unspecified atom stereocenters. The van der Waals surface area contributed by atoms with Crippen molar-refractivity contribution in [1.29, 1.82) is 0 Å². The molecule has 0 fully saturated rings. The Balaban J connectivity index is 2.02. The molecule has 0 bridgehead atoms. The summed E-state index contributed by atoms with van der Waals surface area (Å²) >= 11 is 5.76. The minimum absolute atomic E-state index is 0.0628. The largest absolute Gasteiger partial charge is 0.365 e. The van der Waals surface area contributed by atoms with E-state index in [2.05, 4.69) is 5.32 Å². The lowest BCUT2D eigenvalue weighted by Crippen LogP contribution is -2.23. The summed E-state index contributed by atoms with van der Waals surface area (Å²) in [6.45, 7) is 0.330. The first-order valence-corrected chi connectivity index (χ1v) is 5.27. The van der Waals surface area contributed by atoms with E-state index in [1.165, 1.54) is 0 Å². The summed E-state index contributed by atoms with van der Waals surface area (Å²) in [5.74, 6) is 0.0628. The Morgan fingerprint density at radius 2 is 1.81 bits per heavy atom. The topological polar surface area (TPSA) is 32.3 Å². The van der Waals surface area contributed by atoms with Gasteiger partial charge >= 0.3 is 0 Å². The standard InChI is InChI=1S/C12H11ClN2O/c13-11-3-1-10(2-4-11)12(16)9-15-7-5-14-6-8-15/h1-8,14H,9H2. The maximum absolute atomic E-state index is 11.9. The van der Waals surface area contributed by atoms with Gasteiger partial charge in [0.1, 0.15) is 0 Å². The molecule has 16 heavy (non-hydrogen) atoms. The van der Waals surface area contributed by atoms with E-state index in [-0.39, 0.29) is 5.78 Å². The van der Waals surface area contributed by atoms with Gasteiger partial charge in [0.15, 0.2) is 5.78 Å². The highest BCUT2D eigenvalue weighted by molar-refractivity contribution is 6.30. The summed E-state index contributed by atoms with van der Waals surface area (Å²) in [5.41, 5.74) is 0.671. The Labute approximate surface area is 99.0 Å². The van der Waals surface area contributed by atoms with Gasteiger partial charge in [-0.25, -0.2) is 0 Å². The van der Waals surface area contributed by atoms with E-state index in [1.54, 1.807) is 36.7 Å². The van der Waals surface area contributed by atoms with Crippen molar-refractivity contribution in [3.05, 3.63) is 59.7 Å². The summed E-state index contributed by atoms with van der Waals surface area (Å²) in [6, 6.07) is 6.91. The first kappa shape index (κ1) is 10.8. The molecule has 0 saturated carbocycles. The normalized spacial score (nSPS) is 13.7. The van der Waals surface area contributed by atoms with Crippen molar-refractivity contribution in [1.82, 2.24) is 10.2 Å². The summed E-state index contributed by atoms with van der Waals surface area (Å²) < 4.78 is 0. The van der Waals surface area contributed by atoms with E-state index in [9.17, 15) is 4.79 Å². The molecule has 3 nitrogen and oxygen atoms in total. The third-order valence-corrected chi connectivity index (χ3v) is 2.47.